The van der Waals surface area contributed by atoms with Crippen LogP contribution in [0.2, 0.25) is 0 Å². The van der Waals surface area contributed by atoms with Gasteiger partial charge in [-0.05, 0) is 144 Å². The van der Waals surface area contributed by atoms with E-state index in [4.69, 9.17) is 0 Å². The zero-order valence-electron chi connectivity index (χ0n) is 43.1. The fourth-order valence-electron chi connectivity index (χ4n) is 10.9. The van der Waals surface area contributed by atoms with Gasteiger partial charge in [0.1, 0.15) is 0 Å². The number of hydrogen-bond donors (Lipinski definition) is 0. The summed E-state index contributed by atoms with van der Waals surface area (Å²) in [7, 11) is 0. The summed E-state index contributed by atoms with van der Waals surface area (Å²) in [6.07, 6.45) is 0. The molecule has 368 valence electrons. The molecule has 78 heavy (non-hydrogen) atoms. The van der Waals surface area contributed by atoms with E-state index in [-0.39, 0.29) is 0 Å². The molecule has 1 aromatic heterocycles. The molecule has 13 aromatic carbocycles. The smallest absolute Gasteiger partial charge is 0.0541 e. The molecule has 0 aliphatic carbocycles. The normalized spacial score (nSPS) is 11.1. The first-order valence-electron chi connectivity index (χ1n) is 26.7. The lowest BCUT2D eigenvalue weighted by atomic mass is 9.96. The Morgan fingerprint density at radius 1 is 0.205 bits per heavy atom. The number of benzene rings is 13. The van der Waals surface area contributed by atoms with Gasteiger partial charge in [-0.2, -0.15) is 0 Å². The largest absolute Gasteiger partial charge is 0.311 e. The van der Waals surface area contributed by atoms with Gasteiger partial charge in [-0.25, -0.2) is 0 Å². The number of nitrogens with zero attached hydrogens (tertiary/aromatic N) is 2. The average molecular weight is 995 g/mol. The average Bonchev–Trinajstić information content (AvgIpc) is 3.94. The number of fused-ring (bicyclic) bond motifs is 4. The van der Waals surface area contributed by atoms with Gasteiger partial charge < -0.3 is 9.47 Å². The van der Waals surface area contributed by atoms with Crippen molar-refractivity contribution in [3.05, 3.63) is 328 Å². The van der Waals surface area contributed by atoms with Crippen molar-refractivity contribution in [3.63, 3.8) is 0 Å². The molecule has 0 saturated carbocycles. The second-order valence-electron chi connectivity index (χ2n) is 19.7. The number of hydrogen-bond acceptors (Lipinski definition) is 1. The highest BCUT2D eigenvalue weighted by Crippen LogP contribution is 2.40. The van der Waals surface area contributed by atoms with E-state index in [0.717, 1.165) is 17.1 Å². The lowest BCUT2D eigenvalue weighted by Gasteiger charge is -2.26. The molecule has 0 saturated heterocycles. The molecule has 0 bridgehead atoms. The molecule has 0 unspecified atom stereocenters. The van der Waals surface area contributed by atoms with E-state index in [9.17, 15) is 0 Å². The van der Waals surface area contributed by atoms with Crippen LogP contribution >= 0.6 is 0 Å². The molecular weight excluding hydrogens is 941 g/mol. The fourth-order valence-corrected chi connectivity index (χ4v) is 10.9. The van der Waals surface area contributed by atoms with Gasteiger partial charge in [0.15, 0.2) is 0 Å². The van der Waals surface area contributed by atoms with Gasteiger partial charge >= 0.3 is 0 Å². The second kappa shape index (κ2) is 21.5. The van der Waals surface area contributed by atoms with Crippen LogP contribution in [0.25, 0.3) is 105 Å². The molecule has 14 aromatic rings. The quantitative estimate of drug-likeness (QED) is 0.133. The molecule has 0 aliphatic heterocycles. The molecule has 0 amide bonds. The molecule has 0 aliphatic rings. The number of para-hydroxylation sites is 2. The Hall–Kier alpha value is -10.3. The predicted octanol–water partition coefficient (Wildman–Crippen LogP) is 21.1. The predicted molar refractivity (Wildman–Crippen MR) is 332 cm³/mol. The lowest BCUT2D eigenvalue weighted by Crippen LogP contribution is -2.09. The Balaban J connectivity index is 0.000000905. The van der Waals surface area contributed by atoms with Crippen LogP contribution in [0, 0.1) is 0 Å². The SMILES string of the molecule is c1ccc(-c2ccc(N(c3ccc(-c4ccc(-c5ccc(-c6ccc(-c7ccc8c(c7)c7ccccc7n8-c7ccccc7)cc6)cc5)cc4)cc3)c3ccc(-c4cccc5ccccc45)cc3)cc2)cc1.c1ccccc1. The Bertz CT molecular complexity index is 4250. The lowest BCUT2D eigenvalue weighted by molar-refractivity contribution is 1.18. The van der Waals surface area contributed by atoms with Crippen LogP contribution in [0.4, 0.5) is 17.1 Å². The maximum atomic E-state index is 2.36. The fraction of sp³-hybridized carbons (Fsp3) is 0. The van der Waals surface area contributed by atoms with Gasteiger partial charge in [0.25, 0.3) is 0 Å². The van der Waals surface area contributed by atoms with E-state index >= 15 is 0 Å². The van der Waals surface area contributed by atoms with Crippen molar-refractivity contribution in [3.8, 4) is 72.4 Å². The molecule has 0 atom stereocenters. The van der Waals surface area contributed by atoms with E-state index in [1.165, 1.54) is 105 Å². The summed E-state index contributed by atoms with van der Waals surface area (Å²) >= 11 is 0. The molecular formula is C76H54N2. The van der Waals surface area contributed by atoms with Gasteiger partial charge in [-0.15, -0.1) is 0 Å². The van der Waals surface area contributed by atoms with E-state index in [1.807, 2.05) is 36.4 Å². The van der Waals surface area contributed by atoms with Gasteiger partial charge in [0, 0.05) is 33.5 Å². The topological polar surface area (TPSA) is 8.17 Å². The van der Waals surface area contributed by atoms with Crippen molar-refractivity contribution in [2.45, 2.75) is 0 Å². The molecule has 0 N–H and O–H groups in total. The first kappa shape index (κ1) is 47.4. The van der Waals surface area contributed by atoms with Crippen LogP contribution in [-0.4, -0.2) is 4.57 Å². The molecule has 2 heteroatoms. The zero-order chi connectivity index (χ0) is 52.0. The number of rotatable bonds is 10. The summed E-state index contributed by atoms with van der Waals surface area (Å²) in [6, 6.07) is 118. The van der Waals surface area contributed by atoms with Gasteiger partial charge in [-0.3, -0.25) is 0 Å². The van der Waals surface area contributed by atoms with E-state index in [0.29, 0.717) is 0 Å². The molecule has 0 spiro atoms. The van der Waals surface area contributed by atoms with Crippen molar-refractivity contribution in [2.24, 2.45) is 0 Å². The summed E-state index contributed by atoms with van der Waals surface area (Å²) in [6.45, 7) is 0. The summed E-state index contributed by atoms with van der Waals surface area (Å²) in [5.41, 5.74) is 21.3. The van der Waals surface area contributed by atoms with E-state index in [1.54, 1.807) is 0 Å². The Kier molecular flexibility index (Phi) is 13.1. The Morgan fingerprint density at radius 3 is 1.04 bits per heavy atom. The van der Waals surface area contributed by atoms with Crippen LogP contribution in [0.5, 0.6) is 0 Å². The third kappa shape index (κ3) is 9.67. The summed E-state index contributed by atoms with van der Waals surface area (Å²) in [5.74, 6) is 0. The van der Waals surface area contributed by atoms with Crippen molar-refractivity contribution >= 4 is 49.6 Å². The monoisotopic (exact) mass is 994 g/mol. The van der Waals surface area contributed by atoms with E-state index < -0.39 is 0 Å². The first-order valence-corrected chi connectivity index (χ1v) is 26.7. The second-order valence-corrected chi connectivity index (χ2v) is 19.7. The third-order valence-electron chi connectivity index (χ3n) is 14.9. The number of anilines is 3. The zero-order valence-corrected chi connectivity index (χ0v) is 43.1. The highest BCUT2D eigenvalue weighted by atomic mass is 15.1. The summed E-state index contributed by atoms with van der Waals surface area (Å²) in [5, 5.41) is 5.03. The van der Waals surface area contributed by atoms with Crippen LogP contribution in [0.1, 0.15) is 0 Å². The standard InChI is InChI=1S/C70H48N2.C6H6/c1-3-12-49(13-4-1)55-34-41-62(42-35-55)71(64-45-38-59(39-46-64)66-20-11-15-58-14-7-8-18-65(58)66)63-43-36-56(37-44-63)54-28-26-51(27-29-54)50-22-24-52(25-23-50)53-30-32-57(33-31-53)60-40-47-70-68(48-60)67-19-9-10-21-69(67)72(70)61-16-5-2-6-17-61;1-2-4-6-5-3-1/h1-48H;1-6H. The minimum absolute atomic E-state index is 1.10. The molecule has 0 radical (unpaired) electrons. The Morgan fingerprint density at radius 2 is 0.538 bits per heavy atom. The number of aromatic nitrogens is 1. The minimum atomic E-state index is 1.10. The van der Waals surface area contributed by atoms with Crippen LogP contribution < -0.4 is 4.90 Å². The van der Waals surface area contributed by atoms with Crippen molar-refractivity contribution in [1.82, 2.24) is 4.57 Å². The van der Waals surface area contributed by atoms with Crippen LogP contribution in [-0.2, 0) is 0 Å². The summed E-state index contributed by atoms with van der Waals surface area (Å²) in [4.78, 5) is 2.35. The van der Waals surface area contributed by atoms with Crippen LogP contribution in [0.3, 0.4) is 0 Å². The molecule has 1 heterocycles. The Labute approximate surface area is 456 Å². The van der Waals surface area contributed by atoms with Gasteiger partial charge in [0.05, 0.1) is 11.0 Å². The van der Waals surface area contributed by atoms with Gasteiger partial charge in [0.2, 0.25) is 0 Å². The van der Waals surface area contributed by atoms with E-state index in [2.05, 4.69) is 301 Å². The minimum Gasteiger partial charge on any atom is -0.311 e. The van der Waals surface area contributed by atoms with Crippen molar-refractivity contribution in [1.29, 1.82) is 0 Å². The van der Waals surface area contributed by atoms with Crippen molar-refractivity contribution < 1.29 is 0 Å². The van der Waals surface area contributed by atoms with Gasteiger partial charge in [-0.1, -0.05) is 261 Å². The molecule has 0 fully saturated rings. The molecule has 14 rings (SSSR count). The maximum absolute atomic E-state index is 2.36. The highest BCUT2D eigenvalue weighted by molar-refractivity contribution is 6.10. The van der Waals surface area contributed by atoms with Crippen molar-refractivity contribution in [2.75, 3.05) is 4.90 Å². The third-order valence-corrected chi connectivity index (χ3v) is 14.9. The molecule has 2 nitrogen and oxygen atoms in total. The summed E-state index contributed by atoms with van der Waals surface area (Å²) < 4.78 is 2.36. The first-order chi connectivity index (χ1) is 38.7. The van der Waals surface area contributed by atoms with Crippen LogP contribution in [0.15, 0.2) is 328 Å². The highest BCUT2D eigenvalue weighted by Gasteiger charge is 2.16. The maximum Gasteiger partial charge on any atom is 0.0541 e.